The SMILES string of the molecule is CC(C)(CNS(=O)(=O)C1CCCC1)C(=O)O. The van der Waals surface area contributed by atoms with E-state index in [0.717, 1.165) is 12.8 Å². The van der Waals surface area contributed by atoms with E-state index in [1.807, 2.05) is 0 Å². The Morgan fingerprint density at radius 1 is 1.38 bits per heavy atom. The number of carbonyl (C=O) groups is 1. The van der Waals surface area contributed by atoms with Gasteiger partial charge in [-0.2, -0.15) is 0 Å². The molecule has 1 aliphatic rings. The Balaban J connectivity index is 2.57. The fraction of sp³-hybridized carbons (Fsp3) is 0.900. The van der Waals surface area contributed by atoms with Gasteiger partial charge in [0.25, 0.3) is 0 Å². The number of nitrogens with one attached hydrogen (secondary N) is 1. The molecule has 0 aliphatic heterocycles. The third-order valence-corrected chi connectivity index (χ3v) is 4.93. The summed E-state index contributed by atoms with van der Waals surface area (Å²) >= 11 is 0. The molecule has 1 fully saturated rings. The Morgan fingerprint density at radius 3 is 2.31 bits per heavy atom. The maximum absolute atomic E-state index is 11.8. The standard InChI is InChI=1S/C10H19NO4S/c1-10(2,9(12)13)7-11-16(14,15)8-5-3-4-6-8/h8,11H,3-7H2,1-2H3,(H,12,13). The van der Waals surface area contributed by atoms with Crippen LogP contribution < -0.4 is 4.72 Å². The molecule has 0 heterocycles. The lowest BCUT2D eigenvalue weighted by atomic mass is 9.95. The van der Waals surface area contributed by atoms with E-state index in [1.165, 1.54) is 13.8 Å². The van der Waals surface area contributed by atoms with Crippen LogP contribution >= 0.6 is 0 Å². The molecule has 0 radical (unpaired) electrons. The third kappa shape index (κ3) is 3.18. The van der Waals surface area contributed by atoms with Gasteiger partial charge < -0.3 is 5.11 Å². The molecule has 1 saturated carbocycles. The van der Waals surface area contributed by atoms with Gasteiger partial charge in [0.1, 0.15) is 0 Å². The van der Waals surface area contributed by atoms with E-state index < -0.39 is 21.4 Å². The highest BCUT2D eigenvalue weighted by Gasteiger charge is 2.33. The first-order chi connectivity index (χ1) is 7.26. The molecule has 16 heavy (non-hydrogen) atoms. The molecule has 0 spiro atoms. The van der Waals surface area contributed by atoms with Gasteiger partial charge in [0.05, 0.1) is 10.7 Å². The van der Waals surface area contributed by atoms with Crippen LogP contribution in [0.15, 0.2) is 0 Å². The fourth-order valence-electron chi connectivity index (χ4n) is 1.67. The molecule has 0 aromatic rings. The highest BCUT2D eigenvalue weighted by Crippen LogP contribution is 2.24. The van der Waals surface area contributed by atoms with Crippen LogP contribution in [0.2, 0.25) is 0 Å². The van der Waals surface area contributed by atoms with Crippen molar-refractivity contribution in [1.29, 1.82) is 0 Å². The van der Waals surface area contributed by atoms with E-state index >= 15 is 0 Å². The van der Waals surface area contributed by atoms with Crippen LogP contribution in [-0.4, -0.2) is 31.3 Å². The van der Waals surface area contributed by atoms with E-state index in [-0.39, 0.29) is 11.8 Å². The number of rotatable bonds is 5. The van der Waals surface area contributed by atoms with Crippen molar-refractivity contribution in [2.45, 2.75) is 44.8 Å². The van der Waals surface area contributed by atoms with Crippen LogP contribution in [0.1, 0.15) is 39.5 Å². The second kappa shape index (κ2) is 4.71. The minimum Gasteiger partial charge on any atom is -0.481 e. The molecule has 0 amide bonds. The van der Waals surface area contributed by atoms with Crippen molar-refractivity contribution in [3.63, 3.8) is 0 Å². The molecule has 0 aromatic heterocycles. The highest BCUT2D eigenvalue weighted by atomic mass is 32.2. The summed E-state index contributed by atoms with van der Waals surface area (Å²) in [4.78, 5) is 10.8. The first kappa shape index (κ1) is 13.4. The minimum atomic E-state index is -3.34. The lowest BCUT2D eigenvalue weighted by molar-refractivity contribution is -0.146. The molecule has 94 valence electrons. The smallest absolute Gasteiger partial charge is 0.310 e. The Hall–Kier alpha value is -0.620. The van der Waals surface area contributed by atoms with Gasteiger partial charge in [-0.3, -0.25) is 4.79 Å². The zero-order valence-electron chi connectivity index (χ0n) is 9.69. The summed E-state index contributed by atoms with van der Waals surface area (Å²) in [7, 11) is -3.34. The van der Waals surface area contributed by atoms with Crippen LogP contribution in [-0.2, 0) is 14.8 Å². The topological polar surface area (TPSA) is 83.5 Å². The molecular weight excluding hydrogens is 230 g/mol. The van der Waals surface area contributed by atoms with Gasteiger partial charge in [0, 0.05) is 6.54 Å². The van der Waals surface area contributed by atoms with E-state index in [1.54, 1.807) is 0 Å². The van der Waals surface area contributed by atoms with Crippen LogP contribution in [0.25, 0.3) is 0 Å². The van der Waals surface area contributed by atoms with E-state index in [4.69, 9.17) is 5.11 Å². The Morgan fingerprint density at radius 2 is 1.88 bits per heavy atom. The number of carboxylic acid groups (broad SMARTS) is 1. The summed E-state index contributed by atoms with van der Waals surface area (Å²) in [6, 6.07) is 0. The maximum atomic E-state index is 11.8. The summed E-state index contributed by atoms with van der Waals surface area (Å²) in [5.41, 5.74) is -1.06. The molecule has 1 rings (SSSR count). The first-order valence-electron chi connectivity index (χ1n) is 5.47. The highest BCUT2D eigenvalue weighted by molar-refractivity contribution is 7.90. The van der Waals surface area contributed by atoms with Gasteiger partial charge in [-0.05, 0) is 26.7 Å². The lowest BCUT2D eigenvalue weighted by Gasteiger charge is -2.21. The van der Waals surface area contributed by atoms with Crippen molar-refractivity contribution in [3.8, 4) is 0 Å². The van der Waals surface area contributed by atoms with Gasteiger partial charge in [0.15, 0.2) is 0 Å². The van der Waals surface area contributed by atoms with Crippen molar-refractivity contribution in [3.05, 3.63) is 0 Å². The van der Waals surface area contributed by atoms with Gasteiger partial charge in [-0.25, -0.2) is 13.1 Å². The van der Waals surface area contributed by atoms with Crippen LogP contribution in [0.4, 0.5) is 0 Å². The summed E-state index contributed by atoms with van der Waals surface area (Å²) in [6.07, 6.45) is 3.24. The predicted molar refractivity (Wildman–Crippen MR) is 60.6 cm³/mol. The summed E-state index contributed by atoms with van der Waals surface area (Å²) in [5.74, 6) is -0.998. The molecule has 0 aromatic carbocycles. The lowest BCUT2D eigenvalue weighted by Crippen LogP contribution is -2.42. The molecule has 0 atom stereocenters. The van der Waals surface area contributed by atoms with Crippen molar-refractivity contribution < 1.29 is 18.3 Å². The number of carboxylic acids is 1. The molecule has 1 aliphatic carbocycles. The normalized spacial score (nSPS) is 18.9. The van der Waals surface area contributed by atoms with Gasteiger partial charge >= 0.3 is 5.97 Å². The van der Waals surface area contributed by atoms with E-state index in [0.29, 0.717) is 12.8 Å². The van der Waals surface area contributed by atoms with Crippen molar-refractivity contribution in [1.82, 2.24) is 4.72 Å². The first-order valence-corrected chi connectivity index (χ1v) is 7.02. The summed E-state index contributed by atoms with van der Waals surface area (Å²) in [6.45, 7) is 2.96. The number of sulfonamides is 1. The summed E-state index contributed by atoms with van der Waals surface area (Å²) in [5, 5.41) is 8.53. The van der Waals surface area contributed by atoms with Gasteiger partial charge in [-0.15, -0.1) is 0 Å². The second-order valence-corrected chi connectivity index (χ2v) is 7.01. The molecule has 0 saturated heterocycles. The predicted octanol–water partition coefficient (Wildman–Crippen LogP) is 0.959. The van der Waals surface area contributed by atoms with Gasteiger partial charge in [-0.1, -0.05) is 12.8 Å². The Kier molecular flexibility index (Phi) is 3.96. The molecule has 0 unspecified atom stereocenters. The van der Waals surface area contributed by atoms with Crippen LogP contribution in [0.5, 0.6) is 0 Å². The second-order valence-electron chi connectivity index (χ2n) is 4.96. The maximum Gasteiger partial charge on any atom is 0.310 e. The fourth-order valence-corrected chi connectivity index (χ4v) is 3.42. The summed E-state index contributed by atoms with van der Waals surface area (Å²) < 4.78 is 26.0. The van der Waals surface area contributed by atoms with E-state index in [9.17, 15) is 13.2 Å². The molecule has 5 nitrogen and oxygen atoms in total. The van der Waals surface area contributed by atoms with E-state index in [2.05, 4.69) is 4.72 Å². The van der Waals surface area contributed by atoms with Crippen molar-refractivity contribution in [2.75, 3.05) is 6.54 Å². The quantitative estimate of drug-likeness (QED) is 0.760. The zero-order chi connectivity index (χ0) is 12.4. The molecule has 0 bridgehead atoms. The number of aliphatic carboxylic acids is 1. The number of hydrogen-bond acceptors (Lipinski definition) is 3. The van der Waals surface area contributed by atoms with Crippen LogP contribution in [0.3, 0.4) is 0 Å². The Labute approximate surface area is 96.3 Å². The zero-order valence-corrected chi connectivity index (χ0v) is 10.5. The van der Waals surface area contributed by atoms with Crippen LogP contribution in [0, 0.1) is 5.41 Å². The Bertz CT molecular complexity index is 355. The minimum absolute atomic E-state index is 0.0544. The molecule has 6 heteroatoms. The largest absolute Gasteiger partial charge is 0.481 e. The third-order valence-electron chi connectivity index (χ3n) is 3.04. The molecular formula is C10H19NO4S. The average molecular weight is 249 g/mol. The number of hydrogen-bond donors (Lipinski definition) is 2. The molecule has 2 N–H and O–H groups in total. The van der Waals surface area contributed by atoms with Crippen molar-refractivity contribution >= 4 is 16.0 Å². The van der Waals surface area contributed by atoms with Crippen molar-refractivity contribution in [2.24, 2.45) is 5.41 Å². The average Bonchev–Trinajstić information content (AvgIpc) is 2.68. The monoisotopic (exact) mass is 249 g/mol. The van der Waals surface area contributed by atoms with Gasteiger partial charge in [0.2, 0.25) is 10.0 Å².